The lowest BCUT2D eigenvalue weighted by Gasteiger charge is -2.16. The Bertz CT molecular complexity index is 340. The number of hydrogen-bond donors (Lipinski definition) is 4. The fraction of sp³-hybridized carbons (Fsp3) is 0.833. The molecule has 0 aromatic rings. The molecule has 0 aliphatic carbocycles. The summed E-state index contributed by atoms with van der Waals surface area (Å²) in [6, 6.07) is 0.472. The molecule has 2 unspecified atom stereocenters. The van der Waals surface area contributed by atoms with Gasteiger partial charge >= 0.3 is 6.03 Å². The number of hydrogen-bond acceptors (Lipinski definition) is 4. The van der Waals surface area contributed by atoms with Crippen molar-refractivity contribution in [2.45, 2.75) is 43.0 Å². The van der Waals surface area contributed by atoms with Crippen LogP contribution in [0.3, 0.4) is 0 Å². The lowest BCUT2D eigenvalue weighted by atomic mass is 10.0. The van der Waals surface area contributed by atoms with E-state index >= 15 is 0 Å². The summed E-state index contributed by atoms with van der Waals surface area (Å²) in [7, 11) is 0. The van der Waals surface area contributed by atoms with E-state index in [1.807, 2.05) is 11.8 Å². The van der Waals surface area contributed by atoms with Gasteiger partial charge in [-0.1, -0.05) is 6.42 Å². The third kappa shape index (κ3) is 4.01. The molecule has 108 valence electrons. The average Bonchev–Trinajstić information content (AvgIpc) is 2.92. The van der Waals surface area contributed by atoms with Gasteiger partial charge in [0, 0.05) is 24.0 Å². The Balaban J connectivity index is 1.59. The van der Waals surface area contributed by atoms with Crippen molar-refractivity contribution in [1.82, 2.24) is 16.0 Å². The number of fused-ring (bicyclic) bond motifs is 1. The van der Waals surface area contributed by atoms with Gasteiger partial charge in [0.25, 0.3) is 0 Å². The second kappa shape index (κ2) is 7.00. The van der Waals surface area contributed by atoms with Gasteiger partial charge in [0.15, 0.2) is 0 Å². The van der Waals surface area contributed by atoms with Crippen LogP contribution in [0.2, 0.25) is 0 Å². The van der Waals surface area contributed by atoms with E-state index < -0.39 is 0 Å². The van der Waals surface area contributed by atoms with Gasteiger partial charge < -0.3 is 21.1 Å². The SMILES string of the molecule is O=C(CCCCC1SCC2NC(=O)N[C@@H]21)NCCO. The first-order valence-corrected chi connectivity index (χ1v) is 7.82. The molecule has 0 radical (unpaired) electrons. The molecule has 2 saturated heterocycles. The second-order valence-corrected chi connectivity index (χ2v) is 6.21. The van der Waals surface area contributed by atoms with Crippen molar-refractivity contribution in [3.63, 3.8) is 0 Å². The highest BCUT2D eigenvalue weighted by atomic mass is 32.2. The molecule has 19 heavy (non-hydrogen) atoms. The Morgan fingerprint density at radius 2 is 2.26 bits per heavy atom. The normalized spacial score (nSPS) is 28.7. The van der Waals surface area contributed by atoms with Crippen LogP contribution in [0.25, 0.3) is 0 Å². The lowest BCUT2D eigenvalue weighted by Crippen LogP contribution is -2.36. The zero-order valence-corrected chi connectivity index (χ0v) is 11.7. The van der Waals surface area contributed by atoms with Crippen molar-refractivity contribution in [3.8, 4) is 0 Å². The molecule has 0 spiro atoms. The number of aliphatic hydroxyl groups is 1. The Kier molecular flexibility index (Phi) is 5.33. The first-order chi connectivity index (χ1) is 9.20. The molecule has 0 aromatic heterocycles. The minimum Gasteiger partial charge on any atom is -0.395 e. The quantitative estimate of drug-likeness (QED) is 0.386. The summed E-state index contributed by atoms with van der Waals surface area (Å²) in [5.74, 6) is 0.979. The second-order valence-electron chi connectivity index (χ2n) is 4.94. The predicted octanol–water partition coefficient (Wildman–Crippen LogP) is -0.179. The highest BCUT2D eigenvalue weighted by Crippen LogP contribution is 2.33. The predicted molar refractivity (Wildman–Crippen MR) is 74.1 cm³/mol. The first-order valence-electron chi connectivity index (χ1n) is 6.77. The number of urea groups is 1. The van der Waals surface area contributed by atoms with Crippen LogP contribution in [0.5, 0.6) is 0 Å². The molecule has 7 heteroatoms. The number of thioether (sulfide) groups is 1. The van der Waals surface area contributed by atoms with Crippen LogP contribution in [0.4, 0.5) is 4.79 Å². The summed E-state index contributed by atoms with van der Waals surface area (Å²) in [6.07, 6.45) is 3.38. The largest absolute Gasteiger partial charge is 0.395 e. The minimum atomic E-state index is -0.0521. The molecule has 0 aromatic carbocycles. The highest BCUT2D eigenvalue weighted by Gasteiger charge is 2.42. The van der Waals surface area contributed by atoms with Crippen molar-refractivity contribution in [3.05, 3.63) is 0 Å². The smallest absolute Gasteiger partial charge is 0.315 e. The number of unbranched alkanes of at least 4 members (excludes halogenated alkanes) is 1. The third-order valence-electron chi connectivity index (χ3n) is 3.51. The summed E-state index contributed by atoms with van der Waals surface area (Å²) in [5, 5.41) is 17.6. The van der Waals surface area contributed by atoms with Crippen LogP contribution in [0.1, 0.15) is 25.7 Å². The average molecular weight is 287 g/mol. The Morgan fingerprint density at radius 1 is 1.42 bits per heavy atom. The Morgan fingerprint density at radius 3 is 3.05 bits per heavy atom. The van der Waals surface area contributed by atoms with E-state index in [9.17, 15) is 9.59 Å². The highest BCUT2D eigenvalue weighted by molar-refractivity contribution is 8.00. The molecule has 2 fully saturated rings. The Hall–Kier alpha value is -0.950. The number of carbonyl (C=O) groups is 2. The number of carbonyl (C=O) groups excluding carboxylic acids is 2. The third-order valence-corrected chi connectivity index (χ3v) is 5.02. The van der Waals surface area contributed by atoms with Gasteiger partial charge in [-0.25, -0.2) is 4.79 Å². The van der Waals surface area contributed by atoms with E-state index in [2.05, 4.69) is 16.0 Å². The van der Waals surface area contributed by atoms with E-state index in [-0.39, 0.29) is 30.6 Å². The van der Waals surface area contributed by atoms with E-state index in [4.69, 9.17) is 5.11 Å². The molecule has 6 nitrogen and oxygen atoms in total. The molecule has 0 saturated carbocycles. The van der Waals surface area contributed by atoms with Crippen LogP contribution in [0.15, 0.2) is 0 Å². The molecule has 0 bridgehead atoms. The Labute approximate surface area is 117 Å². The van der Waals surface area contributed by atoms with Crippen LogP contribution in [-0.4, -0.2) is 53.3 Å². The summed E-state index contributed by atoms with van der Waals surface area (Å²) in [5.41, 5.74) is 0. The van der Waals surface area contributed by atoms with Gasteiger partial charge in [-0.3, -0.25) is 4.79 Å². The zero-order valence-electron chi connectivity index (χ0n) is 10.9. The molecule has 3 atom stereocenters. The van der Waals surface area contributed by atoms with Crippen molar-refractivity contribution in [2.75, 3.05) is 18.9 Å². The summed E-state index contributed by atoms with van der Waals surface area (Å²) >= 11 is 1.90. The maximum atomic E-state index is 11.3. The number of aliphatic hydroxyl groups excluding tert-OH is 1. The fourth-order valence-corrected chi connectivity index (χ4v) is 4.10. The van der Waals surface area contributed by atoms with Crippen molar-refractivity contribution >= 4 is 23.7 Å². The van der Waals surface area contributed by atoms with Gasteiger partial charge in [0.2, 0.25) is 5.91 Å². The maximum absolute atomic E-state index is 11.3. The topological polar surface area (TPSA) is 90.5 Å². The molecular weight excluding hydrogens is 266 g/mol. The van der Waals surface area contributed by atoms with E-state index in [0.29, 0.717) is 18.2 Å². The van der Waals surface area contributed by atoms with Crippen molar-refractivity contribution in [2.24, 2.45) is 0 Å². The summed E-state index contributed by atoms with van der Waals surface area (Å²) in [4.78, 5) is 22.5. The van der Waals surface area contributed by atoms with Gasteiger partial charge in [-0.05, 0) is 12.8 Å². The molecular formula is C12H21N3O3S. The molecule has 2 heterocycles. The number of nitrogens with one attached hydrogen (secondary N) is 3. The van der Waals surface area contributed by atoms with Gasteiger partial charge in [-0.2, -0.15) is 11.8 Å². The lowest BCUT2D eigenvalue weighted by molar-refractivity contribution is -0.121. The number of rotatable bonds is 7. The summed E-state index contributed by atoms with van der Waals surface area (Å²) in [6.45, 7) is 0.318. The van der Waals surface area contributed by atoms with Crippen LogP contribution in [-0.2, 0) is 4.79 Å². The van der Waals surface area contributed by atoms with Crippen molar-refractivity contribution < 1.29 is 14.7 Å². The standard InChI is InChI=1S/C12H21N3O3S/c16-6-5-13-10(17)4-2-1-3-9-11-8(7-19-9)14-12(18)15-11/h8-9,11,16H,1-7H2,(H,13,17)(H2,14,15,18)/t8?,9?,11-/m0/s1. The molecule has 3 amide bonds. The zero-order chi connectivity index (χ0) is 13.7. The molecule has 4 N–H and O–H groups in total. The van der Waals surface area contributed by atoms with Crippen LogP contribution >= 0.6 is 11.8 Å². The van der Waals surface area contributed by atoms with E-state index in [1.54, 1.807) is 0 Å². The number of amides is 3. The first kappa shape index (κ1) is 14.5. The van der Waals surface area contributed by atoms with Crippen LogP contribution in [0, 0.1) is 0 Å². The van der Waals surface area contributed by atoms with Gasteiger partial charge in [0.1, 0.15) is 0 Å². The molecule has 2 aliphatic rings. The monoisotopic (exact) mass is 287 g/mol. The van der Waals surface area contributed by atoms with Crippen LogP contribution < -0.4 is 16.0 Å². The van der Waals surface area contributed by atoms with E-state index in [1.165, 1.54) is 0 Å². The fourth-order valence-electron chi connectivity index (χ4n) is 2.56. The van der Waals surface area contributed by atoms with E-state index in [0.717, 1.165) is 25.0 Å². The maximum Gasteiger partial charge on any atom is 0.315 e. The molecule has 2 aliphatic heterocycles. The molecule has 2 rings (SSSR count). The van der Waals surface area contributed by atoms with Crippen molar-refractivity contribution in [1.29, 1.82) is 0 Å². The minimum absolute atomic E-state index is 0.00170. The summed E-state index contributed by atoms with van der Waals surface area (Å²) < 4.78 is 0. The van der Waals surface area contributed by atoms with Gasteiger partial charge in [0.05, 0.1) is 18.7 Å². The van der Waals surface area contributed by atoms with Gasteiger partial charge in [-0.15, -0.1) is 0 Å².